The Labute approximate surface area is 213 Å². The van der Waals surface area contributed by atoms with Crippen LogP contribution in [0.15, 0.2) is 30.9 Å². The van der Waals surface area contributed by atoms with E-state index in [2.05, 4.69) is 19.9 Å². The third kappa shape index (κ3) is 10.2. The second-order valence-corrected chi connectivity index (χ2v) is 8.35. The number of alkyl halides is 6. The minimum atomic E-state index is -5.08. The molecule has 2 N–H and O–H groups in total. The van der Waals surface area contributed by atoms with Crippen LogP contribution in [0.2, 0.25) is 0 Å². The average Bonchev–Trinajstić information content (AvgIpc) is 3.07. The molecule has 0 aromatic carbocycles. The maximum Gasteiger partial charge on any atom is 0.490 e. The summed E-state index contributed by atoms with van der Waals surface area (Å²) < 4.78 is 69.0. The van der Waals surface area contributed by atoms with E-state index >= 15 is 0 Å². The molecule has 0 aliphatic carbocycles. The summed E-state index contributed by atoms with van der Waals surface area (Å²) in [5.41, 5.74) is 4.75. The first kappa shape index (κ1) is 30.9. The number of hydrogen-bond donors (Lipinski definition) is 2. The Bertz CT molecular complexity index is 1020. The zero-order valence-corrected chi connectivity index (χ0v) is 20.0. The van der Waals surface area contributed by atoms with Crippen LogP contribution in [-0.2, 0) is 27.2 Å². The number of pyridine rings is 1. The molecule has 2 aliphatic heterocycles. The second-order valence-electron chi connectivity index (χ2n) is 8.35. The molecule has 0 spiro atoms. The van der Waals surface area contributed by atoms with E-state index < -0.39 is 24.3 Å². The van der Waals surface area contributed by atoms with E-state index in [0.717, 1.165) is 56.3 Å². The van der Waals surface area contributed by atoms with Gasteiger partial charge in [0.1, 0.15) is 6.33 Å². The minimum absolute atomic E-state index is 0.783. The number of hydrogen-bond acceptors (Lipinski definition) is 7. The maximum absolute atomic E-state index is 10.6. The number of aromatic nitrogens is 3. The zero-order chi connectivity index (χ0) is 28.3. The van der Waals surface area contributed by atoms with Crippen molar-refractivity contribution in [3.05, 3.63) is 42.1 Å². The van der Waals surface area contributed by atoms with Gasteiger partial charge < -0.3 is 19.8 Å². The first-order chi connectivity index (χ1) is 17.8. The number of aliphatic carboxylic acids is 2. The molecule has 9 nitrogen and oxygen atoms in total. The lowest BCUT2D eigenvalue weighted by molar-refractivity contribution is -0.193. The summed E-state index contributed by atoms with van der Waals surface area (Å²) >= 11 is 0. The lowest BCUT2D eigenvalue weighted by Gasteiger charge is -2.28. The standard InChI is InChI=1S/C19H24N4O.2C2HF3O2/c1-7-20-8-2-16(1)19-17-3-9-23(10-4-18(17)21-14-22-19)13-15-5-11-24-12-6-15;2*3-2(4,5)1(6)7/h1-2,7-8,14-15H,3-6,9-13H2;2*(H,6,7). The highest BCUT2D eigenvalue weighted by Crippen LogP contribution is 2.26. The molecule has 1 saturated heterocycles. The van der Waals surface area contributed by atoms with E-state index in [1.807, 2.05) is 24.5 Å². The predicted octanol–water partition coefficient (Wildman–Crippen LogP) is 3.63. The van der Waals surface area contributed by atoms with Gasteiger partial charge in [-0.3, -0.25) is 4.98 Å². The Balaban J connectivity index is 0.000000301. The Kier molecular flexibility index (Phi) is 11.4. The molecular weight excluding hydrogens is 526 g/mol. The van der Waals surface area contributed by atoms with Crippen LogP contribution in [0.5, 0.6) is 0 Å². The second kappa shape index (κ2) is 14.0. The van der Waals surface area contributed by atoms with E-state index in [-0.39, 0.29) is 0 Å². The molecular formula is C23H26F6N4O5. The monoisotopic (exact) mass is 552 g/mol. The smallest absolute Gasteiger partial charge is 0.475 e. The minimum Gasteiger partial charge on any atom is -0.475 e. The fourth-order valence-electron chi connectivity index (χ4n) is 3.81. The van der Waals surface area contributed by atoms with Crippen LogP contribution in [0.1, 0.15) is 24.1 Å². The summed E-state index contributed by atoms with van der Waals surface area (Å²) in [5.74, 6) is -4.73. The molecule has 4 rings (SSSR count). The van der Waals surface area contributed by atoms with Crippen molar-refractivity contribution in [3.8, 4) is 11.3 Å². The van der Waals surface area contributed by atoms with Gasteiger partial charge in [-0.15, -0.1) is 0 Å². The van der Waals surface area contributed by atoms with E-state index in [9.17, 15) is 26.3 Å². The SMILES string of the molecule is O=C(O)C(F)(F)F.O=C(O)C(F)(F)F.c1cc(-c2ncnc3c2CCN(CC2CCOCC2)CC3)ccn1. The van der Waals surface area contributed by atoms with Crippen LogP contribution in [0.4, 0.5) is 26.3 Å². The van der Waals surface area contributed by atoms with E-state index in [1.165, 1.54) is 30.6 Å². The Morgan fingerprint density at radius 3 is 1.97 bits per heavy atom. The van der Waals surface area contributed by atoms with Crippen molar-refractivity contribution in [2.75, 3.05) is 32.8 Å². The lowest BCUT2D eigenvalue weighted by atomic mass is 9.99. The normalized spacial score (nSPS) is 16.6. The van der Waals surface area contributed by atoms with Gasteiger partial charge in [0.05, 0.1) is 5.69 Å². The van der Waals surface area contributed by atoms with E-state index in [0.29, 0.717) is 0 Å². The molecule has 15 heteroatoms. The molecule has 0 unspecified atom stereocenters. The Hall–Kier alpha value is -3.33. The number of carboxylic acid groups (broad SMARTS) is 2. The van der Waals surface area contributed by atoms with Crippen molar-refractivity contribution < 1.29 is 50.9 Å². The lowest BCUT2D eigenvalue weighted by Crippen LogP contribution is -2.34. The first-order valence-corrected chi connectivity index (χ1v) is 11.4. The summed E-state index contributed by atoms with van der Waals surface area (Å²) in [6, 6.07) is 4.07. The van der Waals surface area contributed by atoms with Crippen molar-refractivity contribution in [1.82, 2.24) is 19.9 Å². The molecule has 2 aromatic rings. The topological polar surface area (TPSA) is 126 Å². The highest BCUT2D eigenvalue weighted by atomic mass is 19.4. The van der Waals surface area contributed by atoms with Gasteiger partial charge in [0.15, 0.2) is 0 Å². The van der Waals surface area contributed by atoms with Crippen molar-refractivity contribution in [1.29, 1.82) is 0 Å². The van der Waals surface area contributed by atoms with Crippen molar-refractivity contribution >= 4 is 11.9 Å². The van der Waals surface area contributed by atoms with Gasteiger partial charge in [-0.1, -0.05) is 0 Å². The number of rotatable bonds is 3. The fourth-order valence-corrected chi connectivity index (χ4v) is 3.81. The fraction of sp³-hybridized carbons (Fsp3) is 0.522. The number of fused-ring (bicyclic) bond motifs is 1. The van der Waals surface area contributed by atoms with Crippen LogP contribution in [0.3, 0.4) is 0 Å². The van der Waals surface area contributed by atoms with Crippen molar-refractivity contribution in [2.45, 2.75) is 38.0 Å². The van der Waals surface area contributed by atoms with Gasteiger partial charge >= 0.3 is 24.3 Å². The van der Waals surface area contributed by atoms with Crippen LogP contribution >= 0.6 is 0 Å². The van der Waals surface area contributed by atoms with Gasteiger partial charge in [0, 0.05) is 68.5 Å². The molecule has 2 aromatic heterocycles. The summed E-state index contributed by atoms with van der Waals surface area (Å²) in [7, 11) is 0. The summed E-state index contributed by atoms with van der Waals surface area (Å²) in [5, 5.41) is 14.2. The number of nitrogens with zero attached hydrogens (tertiary/aromatic N) is 4. The molecule has 38 heavy (non-hydrogen) atoms. The number of carboxylic acids is 2. The molecule has 0 radical (unpaired) electrons. The summed E-state index contributed by atoms with van der Waals surface area (Å²) in [4.78, 5) is 33.7. The average molecular weight is 552 g/mol. The van der Waals surface area contributed by atoms with E-state index in [1.54, 1.807) is 6.33 Å². The highest BCUT2D eigenvalue weighted by Gasteiger charge is 2.38. The van der Waals surface area contributed by atoms with Crippen LogP contribution in [0.25, 0.3) is 11.3 Å². The Morgan fingerprint density at radius 1 is 0.921 bits per heavy atom. The molecule has 0 atom stereocenters. The highest BCUT2D eigenvalue weighted by molar-refractivity contribution is 5.73. The quantitative estimate of drug-likeness (QED) is 0.549. The molecule has 0 bridgehead atoms. The number of halogens is 6. The molecule has 0 saturated carbocycles. The van der Waals surface area contributed by atoms with Gasteiger partial charge in [0.2, 0.25) is 0 Å². The first-order valence-electron chi connectivity index (χ1n) is 11.4. The molecule has 1 fully saturated rings. The summed E-state index contributed by atoms with van der Waals surface area (Å²) in [6.07, 6.45) is -0.355. The molecule has 210 valence electrons. The zero-order valence-electron chi connectivity index (χ0n) is 20.0. The predicted molar refractivity (Wildman–Crippen MR) is 120 cm³/mol. The Morgan fingerprint density at radius 2 is 1.45 bits per heavy atom. The van der Waals surface area contributed by atoms with Crippen LogP contribution in [0, 0.1) is 5.92 Å². The van der Waals surface area contributed by atoms with Crippen LogP contribution < -0.4 is 0 Å². The van der Waals surface area contributed by atoms with E-state index in [4.69, 9.17) is 24.5 Å². The van der Waals surface area contributed by atoms with Gasteiger partial charge in [0.25, 0.3) is 0 Å². The number of carbonyl (C=O) groups is 2. The van der Waals surface area contributed by atoms with Crippen molar-refractivity contribution in [3.63, 3.8) is 0 Å². The third-order valence-electron chi connectivity index (χ3n) is 5.67. The van der Waals surface area contributed by atoms with Gasteiger partial charge in [-0.05, 0) is 37.3 Å². The summed E-state index contributed by atoms with van der Waals surface area (Å²) in [6.45, 7) is 5.23. The van der Waals surface area contributed by atoms with Crippen molar-refractivity contribution in [2.24, 2.45) is 5.92 Å². The molecule has 4 heterocycles. The maximum atomic E-state index is 10.6. The number of ether oxygens (including phenoxy) is 1. The largest absolute Gasteiger partial charge is 0.490 e. The van der Waals surface area contributed by atoms with Crippen LogP contribution in [-0.4, -0.2) is 87.2 Å². The third-order valence-corrected chi connectivity index (χ3v) is 5.67. The molecule has 0 amide bonds. The molecule has 2 aliphatic rings. The van der Waals surface area contributed by atoms with Gasteiger partial charge in [-0.2, -0.15) is 26.3 Å². The van der Waals surface area contributed by atoms with Gasteiger partial charge in [-0.25, -0.2) is 19.6 Å².